The highest BCUT2D eigenvalue weighted by Gasteiger charge is 2.18. The second-order valence-electron chi connectivity index (χ2n) is 4.67. The van der Waals surface area contributed by atoms with E-state index in [-0.39, 0.29) is 0 Å². The van der Waals surface area contributed by atoms with Gasteiger partial charge in [-0.1, -0.05) is 0 Å². The number of nitrogens with two attached hydrogens (primary N) is 1. The Balaban J connectivity index is 1.96. The van der Waals surface area contributed by atoms with E-state index in [9.17, 15) is 0 Å². The van der Waals surface area contributed by atoms with Crippen LogP contribution < -0.4 is 10.5 Å². The smallest absolute Gasteiger partial charge is 0.161 e. The van der Waals surface area contributed by atoms with Crippen LogP contribution in [-0.2, 0) is 12.8 Å². The zero-order valence-electron chi connectivity index (χ0n) is 11.0. The van der Waals surface area contributed by atoms with Crippen LogP contribution in [-0.4, -0.2) is 16.6 Å². The van der Waals surface area contributed by atoms with Crippen LogP contribution in [0.5, 0.6) is 5.75 Å². The van der Waals surface area contributed by atoms with Gasteiger partial charge in [-0.15, -0.1) is 0 Å². The van der Waals surface area contributed by atoms with Gasteiger partial charge < -0.3 is 10.5 Å². The maximum atomic E-state index is 6.01. The third-order valence-corrected chi connectivity index (χ3v) is 3.39. The first kappa shape index (κ1) is 12.0. The molecule has 0 aliphatic heterocycles. The van der Waals surface area contributed by atoms with E-state index in [1.54, 1.807) is 0 Å². The minimum atomic E-state index is 0.631. The van der Waals surface area contributed by atoms with Crippen molar-refractivity contribution in [3.8, 4) is 17.1 Å². The zero-order valence-corrected chi connectivity index (χ0v) is 11.0. The Labute approximate surface area is 112 Å². The van der Waals surface area contributed by atoms with Crippen molar-refractivity contribution in [1.29, 1.82) is 0 Å². The molecule has 0 amide bonds. The molecule has 1 aromatic carbocycles. The average molecular weight is 255 g/mol. The first-order valence-electron chi connectivity index (χ1n) is 6.66. The van der Waals surface area contributed by atoms with Gasteiger partial charge in [-0.2, -0.15) is 0 Å². The molecule has 2 N–H and O–H groups in total. The van der Waals surface area contributed by atoms with Gasteiger partial charge in [0, 0.05) is 16.8 Å². The number of nitrogens with zero attached hydrogens (tertiary/aromatic N) is 2. The molecule has 98 valence electrons. The second-order valence-corrected chi connectivity index (χ2v) is 4.67. The predicted molar refractivity (Wildman–Crippen MR) is 75.1 cm³/mol. The summed E-state index contributed by atoms with van der Waals surface area (Å²) in [4.78, 5) is 9.04. The minimum absolute atomic E-state index is 0.631. The molecule has 0 fully saturated rings. The molecule has 4 nitrogen and oxygen atoms in total. The van der Waals surface area contributed by atoms with Crippen molar-refractivity contribution < 1.29 is 4.74 Å². The molecule has 0 spiro atoms. The summed E-state index contributed by atoms with van der Waals surface area (Å²) in [5.41, 5.74) is 9.23. The molecule has 0 unspecified atom stereocenters. The summed E-state index contributed by atoms with van der Waals surface area (Å²) in [6, 6.07) is 7.82. The van der Waals surface area contributed by atoms with Crippen LogP contribution >= 0.6 is 0 Å². The van der Waals surface area contributed by atoms with Crippen LogP contribution in [0.1, 0.15) is 24.6 Å². The van der Waals surface area contributed by atoms with E-state index in [1.165, 1.54) is 0 Å². The summed E-state index contributed by atoms with van der Waals surface area (Å²) in [6.07, 6.45) is 3.14. The highest BCUT2D eigenvalue weighted by molar-refractivity contribution is 5.60. The molecule has 0 saturated carbocycles. The molecule has 0 atom stereocenters. The van der Waals surface area contributed by atoms with Crippen molar-refractivity contribution in [2.75, 3.05) is 12.3 Å². The molecule has 0 saturated heterocycles. The lowest BCUT2D eigenvalue weighted by molar-refractivity contribution is 0.340. The number of anilines is 1. The quantitative estimate of drug-likeness (QED) is 0.915. The van der Waals surface area contributed by atoms with E-state index in [1.807, 2.05) is 31.2 Å². The van der Waals surface area contributed by atoms with Gasteiger partial charge in [0.2, 0.25) is 0 Å². The first-order valence-corrected chi connectivity index (χ1v) is 6.66. The Kier molecular flexibility index (Phi) is 3.07. The largest absolute Gasteiger partial charge is 0.494 e. The Hall–Kier alpha value is -2.10. The lowest BCUT2D eigenvalue weighted by Crippen LogP contribution is -2.02. The Morgan fingerprint density at radius 1 is 1.16 bits per heavy atom. The molecule has 0 bridgehead atoms. The zero-order chi connectivity index (χ0) is 13.2. The van der Waals surface area contributed by atoms with Gasteiger partial charge in [-0.3, -0.25) is 0 Å². The van der Waals surface area contributed by atoms with Gasteiger partial charge in [0.25, 0.3) is 0 Å². The van der Waals surface area contributed by atoms with E-state index in [2.05, 4.69) is 9.97 Å². The van der Waals surface area contributed by atoms with Gasteiger partial charge in [0.1, 0.15) is 11.6 Å². The molecule has 0 radical (unpaired) electrons. The van der Waals surface area contributed by atoms with Crippen molar-refractivity contribution >= 4 is 5.82 Å². The lowest BCUT2D eigenvalue weighted by atomic mass is 10.2. The number of aryl methyl sites for hydroxylation is 1. The summed E-state index contributed by atoms with van der Waals surface area (Å²) in [7, 11) is 0. The minimum Gasteiger partial charge on any atom is -0.494 e. The molecule has 19 heavy (non-hydrogen) atoms. The fourth-order valence-corrected chi connectivity index (χ4v) is 2.46. The van der Waals surface area contributed by atoms with Crippen molar-refractivity contribution in [2.45, 2.75) is 26.2 Å². The van der Waals surface area contributed by atoms with Gasteiger partial charge in [-0.05, 0) is 50.5 Å². The summed E-state index contributed by atoms with van der Waals surface area (Å²) < 4.78 is 5.43. The Bertz CT molecular complexity index is 593. The van der Waals surface area contributed by atoms with E-state index >= 15 is 0 Å². The molecule has 3 rings (SSSR count). The maximum absolute atomic E-state index is 6.01. The number of ether oxygens (including phenoxy) is 1. The fourth-order valence-electron chi connectivity index (χ4n) is 2.46. The number of rotatable bonds is 3. The van der Waals surface area contributed by atoms with Gasteiger partial charge >= 0.3 is 0 Å². The molecule has 1 heterocycles. The van der Waals surface area contributed by atoms with Crippen LogP contribution in [0.25, 0.3) is 11.4 Å². The second kappa shape index (κ2) is 4.88. The summed E-state index contributed by atoms with van der Waals surface area (Å²) >= 11 is 0. The number of hydrogen-bond donors (Lipinski definition) is 1. The normalized spacial score (nSPS) is 13.3. The summed E-state index contributed by atoms with van der Waals surface area (Å²) in [5, 5.41) is 0. The average Bonchev–Trinajstić information content (AvgIpc) is 2.89. The summed E-state index contributed by atoms with van der Waals surface area (Å²) in [6.45, 7) is 2.64. The van der Waals surface area contributed by atoms with Gasteiger partial charge in [-0.25, -0.2) is 9.97 Å². The Morgan fingerprint density at radius 2 is 1.95 bits per heavy atom. The van der Waals surface area contributed by atoms with Crippen LogP contribution in [0.2, 0.25) is 0 Å². The summed E-state index contributed by atoms with van der Waals surface area (Å²) in [5.74, 6) is 2.20. The SMILES string of the molecule is CCOc1ccc(-c2nc(N)c3c(n2)CCC3)cc1. The van der Waals surface area contributed by atoms with Gasteiger partial charge in [0.05, 0.1) is 6.61 Å². The molecule has 2 aromatic rings. The number of fused-ring (bicyclic) bond motifs is 1. The Morgan fingerprint density at radius 3 is 2.68 bits per heavy atom. The number of hydrogen-bond acceptors (Lipinski definition) is 4. The van der Waals surface area contributed by atoms with Crippen molar-refractivity contribution in [3.05, 3.63) is 35.5 Å². The van der Waals surface area contributed by atoms with Crippen molar-refractivity contribution in [2.24, 2.45) is 0 Å². The van der Waals surface area contributed by atoms with Crippen LogP contribution in [0, 0.1) is 0 Å². The topological polar surface area (TPSA) is 61.0 Å². The van der Waals surface area contributed by atoms with E-state index < -0.39 is 0 Å². The first-order chi connectivity index (χ1) is 9.28. The van der Waals surface area contributed by atoms with Gasteiger partial charge in [0.15, 0.2) is 5.82 Å². The van der Waals surface area contributed by atoms with E-state index in [4.69, 9.17) is 10.5 Å². The van der Waals surface area contributed by atoms with Crippen LogP contribution in [0.4, 0.5) is 5.82 Å². The lowest BCUT2D eigenvalue weighted by Gasteiger charge is -2.07. The third-order valence-electron chi connectivity index (χ3n) is 3.39. The predicted octanol–water partition coefficient (Wildman–Crippen LogP) is 2.61. The maximum Gasteiger partial charge on any atom is 0.161 e. The monoisotopic (exact) mass is 255 g/mol. The molecule has 1 aliphatic rings. The molecular weight excluding hydrogens is 238 g/mol. The van der Waals surface area contributed by atoms with Crippen molar-refractivity contribution in [3.63, 3.8) is 0 Å². The highest BCUT2D eigenvalue weighted by atomic mass is 16.5. The third kappa shape index (κ3) is 2.26. The molecular formula is C15H17N3O. The number of benzene rings is 1. The van der Waals surface area contributed by atoms with Crippen molar-refractivity contribution in [1.82, 2.24) is 9.97 Å². The van der Waals surface area contributed by atoms with Crippen LogP contribution in [0.3, 0.4) is 0 Å². The molecule has 1 aromatic heterocycles. The molecule has 1 aliphatic carbocycles. The highest BCUT2D eigenvalue weighted by Crippen LogP contribution is 2.28. The number of aromatic nitrogens is 2. The molecule has 4 heteroatoms. The fraction of sp³-hybridized carbons (Fsp3) is 0.333. The number of nitrogen functional groups attached to an aromatic ring is 1. The van der Waals surface area contributed by atoms with Crippen LogP contribution in [0.15, 0.2) is 24.3 Å². The van der Waals surface area contributed by atoms with E-state index in [0.717, 1.165) is 41.8 Å². The standard InChI is InChI=1S/C15H17N3O/c1-2-19-11-8-6-10(7-9-11)15-17-13-5-3-4-12(13)14(16)18-15/h6-9H,2-5H2,1H3,(H2,16,17,18). The van der Waals surface area contributed by atoms with E-state index in [0.29, 0.717) is 18.2 Å².